The van der Waals surface area contributed by atoms with E-state index in [9.17, 15) is 4.79 Å². The molecule has 7 heteroatoms. The first-order valence-corrected chi connectivity index (χ1v) is 9.49. The van der Waals surface area contributed by atoms with Crippen molar-refractivity contribution in [3.8, 4) is 5.75 Å². The summed E-state index contributed by atoms with van der Waals surface area (Å²) in [5, 5.41) is 6.95. The Hall–Kier alpha value is -2.41. The van der Waals surface area contributed by atoms with Gasteiger partial charge in [0, 0.05) is 26.3 Å². The van der Waals surface area contributed by atoms with Gasteiger partial charge in [-0.15, -0.1) is 0 Å². The number of anilines is 1. The van der Waals surface area contributed by atoms with E-state index < -0.39 is 0 Å². The van der Waals surface area contributed by atoms with Crippen molar-refractivity contribution in [2.45, 2.75) is 39.5 Å². The van der Waals surface area contributed by atoms with E-state index in [4.69, 9.17) is 9.26 Å². The SMILES string of the molecule is COc1ccc(C)cc1NC(=O)CCN1CCC(Cc2noc(C)n2)CC1. The van der Waals surface area contributed by atoms with Crippen LogP contribution in [0.2, 0.25) is 0 Å². The van der Waals surface area contributed by atoms with E-state index in [1.807, 2.05) is 32.0 Å². The molecule has 146 valence electrons. The summed E-state index contributed by atoms with van der Waals surface area (Å²) in [5.74, 6) is 2.72. The maximum Gasteiger partial charge on any atom is 0.225 e. The summed E-state index contributed by atoms with van der Waals surface area (Å²) in [4.78, 5) is 19.0. The van der Waals surface area contributed by atoms with Crippen LogP contribution in [0, 0.1) is 19.8 Å². The largest absolute Gasteiger partial charge is 0.495 e. The molecule has 0 unspecified atom stereocenters. The zero-order chi connectivity index (χ0) is 19.2. The van der Waals surface area contributed by atoms with Crippen molar-refractivity contribution in [1.29, 1.82) is 0 Å². The Bertz CT molecular complexity index is 766. The van der Waals surface area contributed by atoms with Crippen LogP contribution in [0.15, 0.2) is 22.7 Å². The van der Waals surface area contributed by atoms with Crippen molar-refractivity contribution in [2.75, 3.05) is 32.1 Å². The minimum absolute atomic E-state index is 0.0169. The summed E-state index contributed by atoms with van der Waals surface area (Å²) in [6.07, 6.45) is 3.55. The van der Waals surface area contributed by atoms with Crippen molar-refractivity contribution in [3.63, 3.8) is 0 Å². The smallest absolute Gasteiger partial charge is 0.225 e. The zero-order valence-corrected chi connectivity index (χ0v) is 16.3. The van der Waals surface area contributed by atoms with Gasteiger partial charge in [-0.3, -0.25) is 4.79 Å². The van der Waals surface area contributed by atoms with Crippen molar-refractivity contribution in [1.82, 2.24) is 15.0 Å². The van der Waals surface area contributed by atoms with Gasteiger partial charge in [0.2, 0.25) is 11.8 Å². The van der Waals surface area contributed by atoms with Crippen molar-refractivity contribution in [3.05, 3.63) is 35.5 Å². The normalized spacial score (nSPS) is 15.7. The van der Waals surface area contributed by atoms with Gasteiger partial charge >= 0.3 is 0 Å². The van der Waals surface area contributed by atoms with Gasteiger partial charge in [-0.05, 0) is 56.5 Å². The third-order valence-electron chi connectivity index (χ3n) is 5.03. The van der Waals surface area contributed by atoms with Crippen LogP contribution < -0.4 is 10.1 Å². The highest BCUT2D eigenvalue weighted by Gasteiger charge is 2.21. The van der Waals surface area contributed by atoms with Crippen LogP contribution in [0.3, 0.4) is 0 Å². The fraction of sp³-hybridized carbons (Fsp3) is 0.550. The molecule has 1 aliphatic rings. The Balaban J connectivity index is 1.41. The number of ether oxygens (including phenoxy) is 1. The number of nitrogens with zero attached hydrogens (tertiary/aromatic N) is 3. The first kappa shape index (κ1) is 19.4. The monoisotopic (exact) mass is 372 g/mol. The lowest BCUT2D eigenvalue weighted by Gasteiger charge is -2.31. The highest BCUT2D eigenvalue weighted by atomic mass is 16.5. The van der Waals surface area contributed by atoms with Gasteiger partial charge < -0.3 is 19.5 Å². The Labute approximate surface area is 160 Å². The van der Waals surface area contributed by atoms with E-state index in [1.54, 1.807) is 7.11 Å². The predicted octanol–water partition coefficient (Wildman–Crippen LogP) is 2.98. The number of aromatic nitrogens is 2. The van der Waals surface area contributed by atoms with Gasteiger partial charge in [-0.2, -0.15) is 4.98 Å². The molecule has 0 bridgehead atoms. The molecule has 1 aromatic carbocycles. The van der Waals surface area contributed by atoms with Crippen LogP contribution in [0.5, 0.6) is 5.75 Å². The maximum absolute atomic E-state index is 12.3. The summed E-state index contributed by atoms with van der Waals surface area (Å²) < 4.78 is 10.4. The second kappa shape index (κ2) is 8.99. The van der Waals surface area contributed by atoms with E-state index in [1.165, 1.54) is 0 Å². The number of likely N-dealkylation sites (tertiary alicyclic amines) is 1. The number of benzene rings is 1. The number of hydrogen-bond acceptors (Lipinski definition) is 6. The molecule has 1 aliphatic heterocycles. The van der Waals surface area contributed by atoms with E-state index in [0.29, 0.717) is 24.0 Å². The summed E-state index contributed by atoms with van der Waals surface area (Å²) in [5.41, 5.74) is 1.82. The number of carbonyl (C=O) groups is 1. The molecule has 1 fully saturated rings. The summed E-state index contributed by atoms with van der Waals surface area (Å²) >= 11 is 0. The van der Waals surface area contributed by atoms with Crippen LogP contribution >= 0.6 is 0 Å². The van der Waals surface area contributed by atoms with Gasteiger partial charge in [-0.25, -0.2) is 0 Å². The fourth-order valence-electron chi connectivity index (χ4n) is 3.49. The van der Waals surface area contributed by atoms with Crippen molar-refractivity contribution < 1.29 is 14.1 Å². The van der Waals surface area contributed by atoms with Gasteiger partial charge in [0.05, 0.1) is 12.8 Å². The lowest BCUT2D eigenvalue weighted by atomic mass is 9.93. The molecule has 0 atom stereocenters. The molecule has 1 aromatic heterocycles. The number of hydrogen-bond donors (Lipinski definition) is 1. The Kier molecular flexibility index (Phi) is 6.45. The number of rotatable bonds is 7. The standard InChI is InChI=1S/C20H28N4O3/c1-14-4-5-18(26-3)17(12-14)22-20(25)8-11-24-9-6-16(7-10-24)13-19-21-15(2)27-23-19/h4-5,12,16H,6-11,13H2,1-3H3,(H,22,25). The first-order chi connectivity index (χ1) is 13.0. The predicted molar refractivity (Wildman–Crippen MR) is 103 cm³/mol. The van der Waals surface area contributed by atoms with Crippen LogP contribution in [0.4, 0.5) is 5.69 Å². The van der Waals surface area contributed by atoms with E-state index in [0.717, 1.165) is 56.0 Å². The van der Waals surface area contributed by atoms with E-state index in [2.05, 4.69) is 20.4 Å². The molecule has 2 heterocycles. The third-order valence-corrected chi connectivity index (χ3v) is 5.03. The molecule has 2 aromatic rings. The lowest BCUT2D eigenvalue weighted by Crippen LogP contribution is -2.36. The quantitative estimate of drug-likeness (QED) is 0.805. The lowest BCUT2D eigenvalue weighted by molar-refractivity contribution is -0.116. The number of piperidine rings is 1. The van der Waals surface area contributed by atoms with Crippen molar-refractivity contribution >= 4 is 11.6 Å². The second-order valence-corrected chi connectivity index (χ2v) is 7.22. The van der Waals surface area contributed by atoms with Crippen molar-refractivity contribution in [2.24, 2.45) is 5.92 Å². The summed E-state index contributed by atoms with van der Waals surface area (Å²) in [6.45, 7) is 6.59. The van der Waals surface area contributed by atoms with Gasteiger partial charge in [-0.1, -0.05) is 11.2 Å². The van der Waals surface area contributed by atoms with E-state index >= 15 is 0 Å². The summed E-state index contributed by atoms with van der Waals surface area (Å²) in [6, 6.07) is 5.78. The van der Waals surface area contributed by atoms with Gasteiger partial charge in [0.25, 0.3) is 0 Å². The minimum atomic E-state index is 0.0169. The first-order valence-electron chi connectivity index (χ1n) is 9.49. The Morgan fingerprint density at radius 1 is 1.33 bits per heavy atom. The zero-order valence-electron chi connectivity index (χ0n) is 16.3. The summed E-state index contributed by atoms with van der Waals surface area (Å²) in [7, 11) is 1.61. The number of methoxy groups -OCH3 is 1. The van der Waals surface area contributed by atoms with E-state index in [-0.39, 0.29) is 5.91 Å². The highest BCUT2D eigenvalue weighted by molar-refractivity contribution is 5.92. The molecule has 27 heavy (non-hydrogen) atoms. The fourth-order valence-corrected chi connectivity index (χ4v) is 3.49. The Morgan fingerprint density at radius 3 is 2.78 bits per heavy atom. The molecule has 1 saturated heterocycles. The second-order valence-electron chi connectivity index (χ2n) is 7.22. The molecule has 0 radical (unpaired) electrons. The molecule has 7 nitrogen and oxygen atoms in total. The van der Waals surface area contributed by atoms with Gasteiger partial charge in [0.1, 0.15) is 5.75 Å². The molecular formula is C20H28N4O3. The highest BCUT2D eigenvalue weighted by Crippen LogP contribution is 2.25. The number of nitrogens with one attached hydrogen (secondary N) is 1. The Morgan fingerprint density at radius 2 is 2.11 bits per heavy atom. The van der Waals surface area contributed by atoms with Crippen LogP contribution in [0.25, 0.3) is 0 Å². The maximum atomic E-state index is 12.3. The van der Waals surface area contributed by atoms with Crippen LogP contribution in [-0.2, 0) is 11.2 Å². The van der Waals surface area contributed by atoms with Crippen LogP contribution in [-0.4, -0.2) is 47.7 Å². The molecule has 1 amide bonds. The third kappa shape index (κ3) is 5.53. The van der Waals surface area contributed by atoms with Crippen LogP contribution in [0.1, 0.15) is 36.5 Å². The molecular weight excluding hydrogens is 344 g/mol. The molecule has 0 spiro atoms. The van der Waals surface area contributed by atoms with Gasteiger partial charge in [0.15, 0.2) is 5.82 Å². The average molecular weight is 372 g/mol. The molecule has 3 rings (SSSR count). The number of aryl methyl sites for hydroxylation is 2. The minimum Gasteiger partial charge on any atom is -0.495 e. The molecule has 1 N–H and O–H groups in total. The topological polar surface area (TPSA) is 80.5 Å². The molecule has 0 aliphatic carbocycles. The molecule has 0 saturated carbocycles. The number of carbonyl (C=O) groups excluding carboxylic acids is 1. The average Bonchev–Trinajstić information content (AvgIpc) is 3.06. The number of amides is 1.